The summed E-state index contributed by atoms with van der Waals surface area (Å²) in [6.07, 6.45) is 0.606. The van der Waals surface area contributed by atoms with Gasteiger partial charge in [0.15, 0.2) is 11.6 Å². The van der Waals surface area contributed by atoms with Gasteiger partial charge in [0, 0.05) is 24.1 Å². The number of hydrogen-bond donors (Lipinski definition) is 1. The minimum atomic E-state index is -0.833. The van der Waals surface area contributed by atoms with E-state index >= 15 is 0 Å². The Morgan fingerprint density at radius 3 is 2.95 bits per heavy atom. The third-order valence-electron chi connectivity index (χ3n) is 3.73. The normalized spacial score (nSPS) is 21.9. The molecule has 3 nitrogen and oxygen atoms in total. The van der Waals surface area contributed by atoms with Crippen molar-refractivity contribution in [2.75, 3.05) is 6.61 Å². The van der Waals surface area contributed by atoms with Crippen molar-refractivity contribution >= 4 is 11.3 Å². The number of aromatic nitrogens is 1. The van der Waals surface area contributed by atoms with Gasteiger partial charge in [-0.2, -0.15) is 0 Å². The van der Waals surface area contributed by atoms with Crippen molar-refractivity contribution in [1.82, 2.24) is 10.3 Å². The maximum Gasteiger partial charge on any atom is 0.159 e. The van der Waals surface area contributed by atoms with Gasteiger partial charge in [-0.15, -0.1) is 11.3 Å². The molecule has 1 aliphatic rings. The number of halogens is 2. The molecule has 0 aliphatic carbocycles. The molecule has 112 valence electrons. The van der Waals surface area contributed by atoms with Crippen LogP contribution < -0.4 is 5.32 Å². The van der Waals surface area contributed by atoms with Crippen LogP contribution in [0, 0.1) is 18.6 Å². The highest BCUT2D eigenvalue weighted by Crippen LogP contribution is 2.30. The minimum Gasteiger partial charge on any atom is -0.372 e. The molecule has 6 heteroatoms. The van der Waals surface area contributed by atoms with Crippen LogP contribution in [0.5, 0.6) is 0 Å². The number of rotatable bonds is 4. The van der Waals surface area contributed by atoms with Gasteiger partial charge in [-0.1, -0.05) is 6.07 Å². The van der Waals surface area contributed by atoms with Crippen molar-refractivity contribution in [3.8, 4) is 0 Å². The highest BCUT2D eigenvalue weighted by molar-refractivity contribution is 7.09. The van der Waals surface area contributed by atoms with E-state index in [0.717, 1.165) is 18.2 Å². The van der Waals surface area contributed by atoms with E-state index < -0.39 is 11.6 Å². The van der Waals surface area contributed by atoms with Crippen LogP contribution in [0.1, 0.15) is 28.7 Å². The largest absolute Gasteiger partial charge is 0.372 e. The van der Waals surface area contributed by atoms with Crippen molar-refractivity contribution in [3.05, 3.63) is 51.5 Å². The van der Waals surface area contributed by atoms with Crippen molar-refractivity contribution in [1.29, 1.82) is 0 Å². The molecule has 1 saturated heterocycles. The average molecular weight is 310 g/mol. The number of thiazole rings is 1. The molecule has 1 aromatic heterocycles. The maximum atomic E-state index is 13.4. The first kappa shape index (κ1) is 14.6. The topological polar surface area (TPSA) is 34.2 Å². The van der Waals surface area contributed by atoms with E-state index in [2.05, 4.69) is 10.3 Å². The Kier molecular flexibility index (Phi) is 4.28. The molecule has 2 atom stereocenters. The molecule has 2 heterocycles. The number of aryl methyl sites for hydroxylation is 1. The van der Waals surface area contributed by atoms with E-state index in [9.17, 15) is 8.78 Å². The first-order valence-corrected chi connectivity index (χ1v) is 7.72. The molecule has 1 fully saturated rings. The van der Waals surface area contributed by atoms with Gasteiger partial charge in [-0.25, -0.2) is 13.8 Å². The second kappa shape index (κ2) is 6.17. The Bertz CT molecular complexity index is 632. The first-order chi connectivity index (χ1) is 10.1. The summed E-state index contributed by atoms with van der Waals surface area (Å²) in [5.74, 6) is -1.67. The van der Waals surface area contributed by atoms with E-state index in [1.54, 1.807) is 17.4 Å². The van der Waals surface area contributed by atoms with Crippen molar-refractivity contribution in [2.24, 2.45) is 0 Å². The van der Waals surface area contributed by atoms with Crippen LogP contribution in [0.3, 0.4) is 0 Å². The van der Waals surface area contributed by atoms with Crippen LogP contribution in [-0.4, -0.2) is 17.6 Å². The molecular weight excluding hydrogens is 294 g/mol. The highest BCUT2D eigenvalue weighted by atomic mass is 32.1. The fourth-order valence-corrected chi connectivity index (χ4v) is 3.26. The zero-order valence-electron chi connectivity index (χ0n) is 11.6. The van der Waals surface area contributed by atoms with Crippen LogP contribution >= 0.6 is 11.3 Å². The third kappa shape index (κ3) is 3.12. The molecule has 1 aromatic carbocycles. The smallest absolute Gasteiger partial charge is 0.159 e. The summed E-state index contributed by atoms with van der Waals surface area (Å²) in [7, 11) is 0. The van der Waals surface area contributed by atoms with E-state index in [1.807, 2.05) is 12.4 Å². The lowest BCUT2D eigenvalue weighted by Gasteiger charge is -2.20. The zero-order chi connectivity index (χ0) is 14.8. The van der Waals surface area contributed by atoms with Gasteiger partial charge in [0.2, 0.25) is 0 Å². The second-order valence-electron chi connectivity index (χ2n) is 5.10. The molecule has 3 rings (SSSR count). The Hall–Kier alpha value is -1.37. The molecule has 1 N–H and O–H groups in total. The van der Waals surface area contributed by atoms with Crippen LogP contribution in [-0.2, 0) is 11.3 Å². The summed E-state index contributed by atoms with van der Waals surface area (Å²) in [6, 6.07) is 4.05. The summed E-state index contributed by atoms with van der Waals surface area (Å²) in [5.41, 5.74) is 3.52. The molecule has 0 spiro atoms. The predicted molar refractivity (Wildman–Crippen MR) is 77.1 cm³/mol. The summed E-state index contributed by atoms with van der Waals surface area (Å²) in [4.78, 5) is 5.40. The predicted octanol–water partition coefficient (Wildman–Crippen LogP) is 3.35. The van der Waals surface area contributed by atoms with Gasteiger partial charge < -0.3 is 10.1 Å². The van der Waals surface area contributed by atoms with Gasteiger partial charge in [0.05, 0.1) is 17.3 Å². The molecule has 2 aromatic rings. The van der Waals surface area contributed by atoms with E-state index in [4.69, 9.17) is 4.74 Å². The molecular formula is C15H16F2N2OS. The Labute approximate surface area is 126 Å². The van der Waals surface area contributed by atoms with Gasteiger partial charge in [-0.3, -0.25) is 0 Å². The SMILES string of the molecule is Cc1ncsc1CN[C@@H]1CCO[C@@H]1c1ccc(F)c(F)c1. The lowest BCUT2D eigenvalue weighted by Crippen LogP contribution is -2.31. The lowest BCUT2D eigenvalue weighted by atomic mass is 10.0. The number of benzene rings is 1. The minimum absolute atomic E-state index is 0.0939. The van der Waals surface area contributed by atoms with Crippen LogP contribution in [0.4, 0.5) is 8.78 Å². The van der Waals surface area contributed by atoms with Crippen LogP contribution in [0.2, 0.25) is 0 Å². The van der Waals surface area contributed by atoms with Crippen molar-refractivity contribution in [2.45, 2.75) is 32.0 Å². The maximum absolute atomic E-state index is 13.4. The number of hydrogen-bond acceptors (Lipinski definition) is 4. The molecule has 0 saturated carbocycles. The monoisotopic (exact) mass is 310 g/mol. The fourth-order valence-electron chi connectivity index (χ4n) is 2.54. The summed E-state index contributed by atoms with van der Waals surface area (Å²) in [5, 5.41) is 3.44. The molecule has 0 unspecified atom stereocenters. The van der Waals surface area contributed by atoms with Gasteiger partial charge in [0.1, 0.15) is 0 Å². The van der Waals surface area contributed by atoms with Gasteiger partial charge in [-0.05, 0) is 31.0 Å². The number of nitrogens with zero attached hydrogens (tertiary/aromatic N) is 1. The zero-order valence-corrected chi connectivity index (χ0v) is 12.4. The Morgan fingerprint density at radius 1 is 1.38 bits per heavy atom. The summed E-state index contributed by atoms with van der Waals surface area (Å²) >= 11 is 1.61. The Balaban J connectivity index is 1.70. The van der Waals surface area contributed by atoms with Crippen molar-refractivity contribution < 1.29 is 13.5 Å². The summed E-state index contributed by atoms with van der Waals surface area (Å²) < 4.78 is 32.1. The molecule has 0 bridgehead atoms. The standard InChI is InChI=1S/C15H16F2N2OS/c1-9-14(21-8-19-9)7-18-13-4-5-20-15(13)10-2-3-11(16)12(17)6-10/h2-3,6,8,13,15,18H,4-5,7H2,1H3/t13-,15-/m1/s1. The second-order valence-corrected chi connectivity index (χ2v) is 6.04. The quantitative estimate of drug-likeness (QED) is 0.940. The molecule has 0 radical (unpaired) electrons. The van der Waals surface area contributed by atoms with Crippen LogP contribution in [0.25, 0.3) is 0 Å². The van der Waals surface area contributed by atoms with Crippen LogP contribution in [0.15, 0.2) is 23.7 Å². The molecule has 1 aliphatic heterocycles. The molecule has 0 amide bonds. The molecule has 21 heavy (non-hydrogen) atoms. The lowest BCUT2D eigenvalue weighted by molar-refractivity contribution is 0.0981. The summed E-state index contributed by atoms with van der Waals surface area (Å²) in [6.45, 7) is 3.30. The van der Waals surface area contributed by atoms with E-state index in [1.165, 1.54) is 10.9 Å². The average Bonchev–Trinajstić information content (AvgIpc) is 3.08. The highest BCUT2D eigenvalue weighted by Gasteiger charge is 2.30. The fraction of sp³-hybridized carbons (Fsp3) is 0.400. The number of ether oxygens (including phenoxy) is 1. The Morgan fingerprint density at radius 2 is 2.24 bits per heavy atom. The van der Waals surface area contributed by atoms with E-state index in [-0.39, 0.29) is 12.1 Å². The number of nitrogens with one attached hydrogen (secondary N) is 1. The third-order valence-corrected chi connectivity index (χ3v) is 4.67. The van der Waals surface area contributed by atoms with Crippen molar-refractivity contribution in [3.63, 3.8) is 0 Å². The van der Waals surface area contributed by atoms with E-state index in [0.29, 0.717) is 18.7 Å². The first-order valence-electron chi connectivity index (χ1n) is 6.84. The van der Waals surface area contributed by atoms with Gasteiger partial charge in [0.25, 0.3) is 0 Å². The van der Waals surface area contributed by atoms with Gasteiger partial charge >= 0.3 is 0 Å².